The number of ether oxygens (including phenoxy) is 1. The standard InChI is InChI=1S/C11H14N4OS/c1-15-7-13-14-11(15)17-10-5-9(16-2)4-3-8(10)6-12/h3-5,7H,6,12H2,1-2H3. The van der Waals surface area contributed by atoms with Crippen LogP contribution in [0, 0.1) is 0 Å². The maximum atomic E-state index is 5.71. The zero-order valence-corrected chi connectivity index (χ0v) is 10.6. The Balaban J connectivity index is 2.33. The van der Waals surface area contributed by atoms with Gasteiger partial charge in [-0.25, -0.2) is 0 Å². The van der Waals surface area contributed by atoms with Gasteiger partial charge in [-0.15, -0.1) is 10.2 Å². The van der Waals surface area contributed by atoms with Gasteiger partial charge in [-0.3, -0.25) is 0 Å². The van der Waals surface area contributed by atoms with Crippen LogP contribution in [0.5, 0.6) is 5.75 Å². The van der Waals surface area contributed by atoms with Crippen LogP contribution >= 0.6 is 11.8 Å². The molecule has 90 valence electrons. The van der Waals surface area contributed by atoms with Crippen LogP contribution in [0.2, 0.25) is 0 Å². The van der Waals surface area contributed by atoms with Gasteiger partial charge in [-0.2, -0.15) is 0 Å². The van der Waals surface area contributed by atoms with Gasteiger partial charge in [0, 0.05) is 18.5 Å². The van der Waals surface area contributed by atoms with E-state index in [-0.39, 0.29) is 0 Å². The molecule has 0 unspecified atom stereocenters. The third-order valence-corrected chi connectivity index (χ3v) is 3.52. The first-order valence-corrected chi connectivity index (χ1v) is 5.95. The molecule has 1 aromatic heterocycles. The number of hydrogen-bond donors (Lipinski definition) is 1. The van der Waals surface area contributed by atoms with Crippen LogP contribution in [-0.4, -0.2) is 21.9 Å². The van der Waals surface area contributed by atoms with Crippen LogP contribution in [0.3, 0.4) is 0 Å². The van der Waals surface area contributed by atoms with Gasteiger partial charge in [-0.05, 0) is 29.5 Å². The Morgan fingerprint density at radius 3 is 2.88 bits per heavy atom. The van der Waals surface area contributed by atoms with Gasteiger partial charge in [0.15, 0.2) is 5.16 Å². The Morgan fingerprint density at radius 1 is 1.47 bits per heavy atom. The van der Waals surface area contributed by atoms with Gasteiger partial charge in [0.1, 0.15) is 12.1 Å². The third-order valence-electron chi connectivity index (χ3n) is 2.37. The maximum absolute atomic E-state index is 5.71. The SMILES string of the molecule is COc1ccc(CN)c(Sc2nncn2C)c1. The molecule has 2 N–H and O–H groups in total. The van der Waals surface area contributed by atoms with E-state index in [0.29, 0.717) is 6.54 Å². The van der Waals surface area contributed by atoms with E-state index in [9.17, 15) is 0 Å². The van der Waals surface area contributed by atoms with Gasteiger partial charge in [0.25, 0.3) is 0 Å². The average molecular weight is 250 g/mol. The highest BCUT2D eigenvalue weighted by atomic mass is 32.2. The normalized spacial score (nSPS) is 10.5. The first-order valence-electron chi connectivity index (χ1n) is 5.13. The molecule has 0 saturated heterocycles. The molecule has 0 atom stereocenters. The second kappa shape index (κ2) is 5.20. The fourth-order valence-corrected chi connectivity index (χ4v) is 2.32. The summed E-state index contributed by atoms with van der Waals surface area (Å²) in [5.74, 6) is 0.812. The molecule has 0 fully saturated rings. The summed E-state index contributed by atoms with van der Waals surface area (Å²) in [4.78, 5) is 1.04. The van der Waals surface area contributed by atoms with Crippen LogP contribution in [-0.2, 0) is 13.6 Å². The molecule has 0 aliphatic rings. The van der Waals surface area contributed by atoms with Crippen LogP contribution in [0.15, 0.2) is 34.6 Å². The number of methoxy groups -OCH3 is 1. The van der Waals surface area contributed by atoms with Crippen molar-refractivity contribution in [2.75, 3.05) is 7.11 Å². The van der Waals surface area contributed by atoms with Gasteiger partial charge in [-0.1, -0.05) is 6.07 Å². The largest absolute Gasteiger partial charge is 0.497 e. The van der Waals surface area contributed by atoms with Crippen LogP contribution in [0.1, 0.15) is 5.56 Å². The molecule has 1 heterocycles. The van der Waals surface area contributed by atoms with E-state index in [1.165, 1.54) is 11.8 Å². The molecule has 0 bridgehead atoms. The van der Waals surface area contributed by atoms with E-state index in [2.05, 4.69) is 10.2 Å². The van der Waals surface area contributed by atoms with Crippen molar-refractivity contribution >= 4 is 11.8 Å². The Morgan fingerprint density at radius 2 is 2.29 bits per heavy atom. The monoisotopic (exact) mass is 250 g/mol. The van der Waals surface area contributed by atoms with E-state index < -0.39 is 0 Å². The highest BCUT2D eigenvalue weighted by molar-refractivity contribution is 7.99. The van der Waals surface area contributed by atoms with Gasteiger partial charge >= 0.3 is 0 Å². The number of rotatable bonds is 4. The minimum Gasteiger partial charge on any atom is -0.497 e. The van der Waals surface area contributed by atoms with Crippen LogP contribution in [0.25, 0.3) is 0 Å². The Hall–Kier alpha value is -1.53. The maximum Gasteiger partial charge on any atom is 0.195 e. The molecule has 0 saturated carbocycles. The van der Waals surface area contributed by atoms with Crippen molar-refractivity contribution in [3.8, 4) is 5.75 Å². The van der Waals surface area contributed by atoms with Crippen molar-refractivity contribution in [1.82, 2.24) is 14.8 Å². The summed E-state index contributed by atoms with van der Waals surface area (Å²) in [6, 6.07) is 5.84. The summed E-state index contributed by atoms with van der Waals surface area (Å²) >= 11 is 1.53. The van der Waals surface area contributed by atoms with Gasteiger partial charge in [0.05, 0.1) is 7.11 Å². The second-order valence-corrected chi connectivity index (χ2v) is 4.51. The Bertz CT molecular complexity index is 512. The molecule has 0 radical (unpaired) electrons. The molecular weight excluding hydrogens is 236 g/mol. The molecule has 2 rings (SSSR count). The molecule has 0 amide bonds. The molecule has 17 heavy (non-hydrogen) atoms. The van der Waals surface area contributed by atoms with Crippen molar-refractivity contribution in [2.24, 2.45) is 12.8 Å². The third kappa shape index (κ3) is 2.59. The van der Waals surface area contributed by atoms with E-state index in [1.807, 2.05) is 29.8 Å². The molecule has 6 heteroatoms. The van der Waals surface area contributed by atoms with Gasteiger partial charge in [0.2, 0.25) is 0 Å². The van der Waals surface area contributed by atoms with E-state index in [1.54, 1.807) is 13.4 Å². The minimum atomic E-state index is 0.490. The smallest absolute Gasteiger partial charge is 0.195 e. The molecule has 0 aliphatic carbocycles. The first-order chi connectivity index (χ1) is 8.24. The molecule has 0 spiro atoms. The van der Waals surface area contributed by atoms with E-state index in [4.69, 9.17) is 10.5 Å². The van der Waals surface area contributed by atoms with Crippen LogP contribution < -0.4 is 10.5 Å². The fourth-order valence-electron chi connectivity index (χ4n) is 1.39. The summed E-state index contributed by atoms with van der Waals surface area (Å²) in [5.41, 5.74) is 6.78. The molecule has 1 aromatic carbocycles. The lowest BCUT2D eigenvalue weighted by atomic mass is 10.2. The Labute approximate surface area is 104 Å². The fraction of sp³-hybridized carbons (Fsp3) is 0.273. The second-order valence-electron chi connectivity index (χ2n) is 3.50. The van der Waals surface area contributed by atoms with Crippen molar-refractivity contribution in [3.63, 3.8) is 0 Å². The summed E-state index contributed by atoms with van der Waals surface area (Å²) in [5, 5.41) is 8.71. The molecule has 5 nitrogen and oxygen atoms in total. The predicted octanol–water partition coefficient (Wildman–Crippen LogP) is 1.43. The number of aryl methyl sites for hydroxylation is 1. The number of nitrogens with zero attached hydrogens (tertiary/aromatic N) is 3. The highest BCUT2D eigenvalue weighted by Crippen LogP contribution is 2.31. The Kier molecular flexibility index (Phi) is 3.65. The van der Waals surface area contributed by atoms with E-state index >= 15 is 0 Å². The van der Waals surface area contributed by atoms with Crippen LogP contribution in [0.4, 0.5) is 0 Å². The number of hydrogen-bond acceptors (Lipinski definition) is 5. The zero-order valence-electron chi connectivity index (χ0n) is 9.75. The van der Waals surface area contributed by atoms with Crippen molar-refractivity contribution in [2.45, 2.75) is 16.6 Å². The van der Waals surface area contributed by atoms with Crippen molar-refractivity contribution < 1.29 is 4.74 Å². The van der Waals surface area contributed by atoms with Gasteiger partial charge < -0.3 is 15.0 Å². The topological polar surface area (TPSA) is 66.0 Å². The lowest BCUT2D eigenvalue weighted by Crippen LogP contribution is -1.99. The predicted molar refractivity (Wildman–Crippen MR) is 66.0 cm³/mol. The number of aromatic nitrogens is 3. The lowest BCUT2D eigenvalue weighted by molar-refractivity contribution is 0.413. The summed E-state index contributed by atoms with van der Waals surface area (Å²) in [7, 11) is 3.55. The first kappa shape index (κ1) is 11.9. The highest BCUT2D eigenvalue weighted by Gasteiger charge is 2.08. The minimum absolute atomic E-state index is 0.490. The quantitative estimate of drug-likeness (QED) is 0.889. The lowest BCUT2D eigenvalue weighted by Gasteiger charge is -2.08. The zero-order chi connectivity index (χ0) is 12.3. The molecule has 2 aromatic rings. The average Bonchev–Trinajstić information content (AvgIpc) is 2.75. The number of nitrogens with two attached hydrogens (primary N) is 1. The summed E-state index contributed by atoms with van der Waals surface area (Å²) in [6.45, 7) is 0.490. The number of benzene rings is 1. The van der Waals surface area contributed by atoms with E-state index in [0.717, 1.165) is 21.4 Å². The summed E-state index contributed by atoms with van der Waals surface area (Å²) in [6.07, 6.45) is 1.67. The van der Waals surface area contributed by atoms with Crippen molar-refractivity contribution in [3.05, 3.63) is 30.1 Å². The van der Waals surface area contributed by atoms with Crippen molar-refractivity contribution in [1.29, 1.82) is 0 Å². The summed E-state index contributed by atoms with van der Waals surface area (Å²) < 4.78 is 7.07. The molecule has 0 aliphatic heterocycles. The molecular formula is C11H14N4OS.